The summed E-state index contributed by atoms with van der Waals surface area (Å²) in [6, 6.07) is 6.42. The predicted molar refractivity (Wildman–Crippen MR) is 58.5 cm³/mol. The molecule has 0 aliphatic rings. The maximum atomic E-state index is 10.6. The van der Waals surface area contributed by atoms with Gasteiger partial charge in [0.05, 0.1) is 11.5 Å². The molecule has 0 aromatic heterocycles. The molecule has 0 saturated heterocycles. The van der Waals surface area contributed by atoms with Gasteiger partial charge in [-0.1, -0.05) is 25.1 Å². The molecular formula is C11H13NO3. The Morgan fingerprint density at radius 3 is 2.87 bits per heavy atom. The molecule has 1 rings (SSSR count). The third-order valence-electron chi connectivity index (χ3n) is 2.15. The van der Waals surface area contributed by atoms with Crippen LogP contribution in [0.1, 0.15) is 18.9 Å². The first kappa shape index (κ1) is 11.4. The third kappa shape index (κ3) is 2.89. The fraction of sp³-hybridized carbons (Fsp3) is 0.273. The van der Waals surface area contributed by atoms with Crippen LogP contribution in [-0.2, 0) is 0 Å². The summed E-state index contributed by atoms with van der Waals surface area (Å²) in [6.45, 7) is 1.90. The highest BCUT2D eigenvalue weighted by Crippen LogP contribution is 2.22. The number of nitro groups is 1. The van der Waals surface area contributed by atoms with Crippen LogP contribution < -0.4 is 0 Å². The van der Waals surface area contributed by atoms with E-state index in [0.717, 1.165) is 17.6 Å². The summed E-state index contributed by atoms with van der Waals surface area (Å²) < 4.78 is 0. The van der Waals surface area contributed by atoms with Gasteiger partial charge in [-0.15, -0.1) is 0 Å². The van der Waals surface area contributed by atoms with Crippen LogP contribution in [0.25, 0.3) is 5.57 Å². The lowest BCUT2D eigenvalue weighted by atomic mass is 10.0. The molecule has 15 heavy (non-hydrogen) atoms. The van der Waals surface area contributed by atoms with Crippen molar-refractivity contribution < 1.29 is 10.0 Å². The highest BCUT2D eigenvalue weighted by Gasteiger charge is 2.07. The number of aliphatic hydroxyl groups excluding tert-OH is 1. The van der Waals surface area contributed by atoms with E-state index >= 15 is 0 Å². The molecule has 0 unspecified atom stereocenters. The van der Waals surface area contributed by atoms with E-state index in [1.54, 1.807) is 18.2 Å². The van der Waals surface area contributed by atoms with Crippen LogP contribution in [0.5, 0.6) is 0 Å². The van der Waals surface area contributed by atoms with Crippen LogP contribution in [0.3, 0.4) is 0 Å². The van der Waals surface area contributed by atoms with E-state index < -0.39 is 4.92 Å². The minimum Gasteiger partial charge on any atom is -0.392 e. The summed E-state index contributed by atoms with van der Waals surface area (Å²) in [7, 11) is 0. The normalized spacial score (nSPS) is 11.5. The van der Waals surface area contributed by atoms with E-state index in [-0.39, 0.29) is 12.3 Å². The summed E-state index contributed by atoms with van der Waals surface area (Å²) >= 11 is 0. The molecule has 0 spiro atoms. The molecule has 0 heterocycles. The lowest BCUT2D eigenvalue weighted by Crippen LogP contribution is -1.90. The van der Waals surface area contributed by atoms with Gasteiger partial charge >= 0.3 is 0 Å². The van der Waals surface area contributed by atoms with E-state index in [0.29, 0.717) is 0 Å². The lowest BCUT2D eigenvalue weighted by Gasteiger charge is -2.03. The maximum Gasteiger partial charge on any atom is 0.270 e. The summed E-state index contributed by atoms with van der Waals surface area (Å²) in [5.74, 6) is 0. The molecule has 4 heteroatoms. The SMILES string of the molecule is CC/C(=C\CO)c1cccc([N+](=O)[O-])c1. The molecule has 0 radical (unpaired) electrons. The minimum absolute atomic E-state index is 0.0497. The molecule has 4 nitrogen and oxygen atoms in total. The number of hydrogen-bond acceptors (Lipinski definition) is 3. The quantitative estimate of drug-likeness (QED) is 0.609. The Balaban J connectivity index is 3.08. The number of nitrogens with zero attached hydrogens (tertiary/aromatic N) is 1. The molecule has 0 atom stereocenters. The predicted octanol–water partition coefficient (Wildman–Crippen LogP) is 2.38. The number of aliphatic hydroxyl groups is 1. The molecule has 80 valence electrons. The monoisotopic (exact) mass is 207 g/mol. The first-order valence-electron chi connectivity index (χ1n) is 4.73. The minimum atomic E-state index is -0.421. The van der Waals surface area contributed by atoms with Crippen molar-refractivity contribution in [3.05, 3.63) is 46.0 Å². The highest BCUT2D eigenvalue weighted by molar-refractivity contribution is 5.67. The number of allylic oxidation sites excluding steroid dienone is 1. The Labute approximate surface area is 88.0 Å². The highest BCUT2D eigenvalue weighted by atomic mass is 16.6. The van der Waals surface area contributed by atoms with Crippen LogP contribution in [0.15, 0.2) is 30.3 Å². The molecule has 0 saturated carbocycles. The summed E-state index contributed by atoms with van der Waals surface area (Å²) in [4.78, 5) is 10.1. The van der Waals surface area contributed by atoms with Crippen LogP contribution >= 0.6 is 0 Å². The zero-order valence-corrected chi connectivity index (χ0v) is 8.51. The maximum absolute atomic E-state index is 10.6. The topological polar surface area (TPSA) is 63.4 Å². The number of non-ortho nitro benzene ring substituents is 1. The third-order valence-corrected chi connectivity index (χ3v) is 2.15. The number of benzene rings is 1. The van der Waals surface area contributed by atoms with Gasteiger partial charge in [0.2, 0.25) is 0 Å². The number of hydrogen-bond donors (Lipinski definition) is 1. The molecule has 0 amide bonds. The smallest absolute Gasteiger partial charge is 0.270 e. The molecule has 0 fully saturated rings. The van der Waals surface area contributed by atoms with E-state index in [2.05, 4.69) is 0 Å². The van der Waals surface area contributed by atoms with Crippen molar-refractivity contribution in [3.8, 4) is 0 Å². The van der Waals surface area contributed by atoms with E-state index in [1.807, 2.05) is 6.92 Å². The van der Waals surface area contributed by atoms with Crippen LogP contribution in [0.2, 0.25) is 0 Å². The Kier molecular flexibility index (Phi) is 4.00. The number of rotatable bonds is 4. The van der Waals surface area contributed by atoms with Crippen molar-refractivity contribution in [2.24, 2.45) is 0 Å². The Hall–Kier alpha value is -1.68. The van der Waals surface area contributed by atoms with Gasteiger partial charge in [0.25, 0.3) is 5.69 Å². The second-order valence-electron chi connectivity index (χ2n) is 3.07. The molecule has 0 aliphatic carbocycles. The van der Waals surface area contributed by atoms with Crippen LogP contribution in [0.4, 0.5) is 5.69 Å². The summed E-state index contributed by atoms with van der Waals surface area (Å²) in [5.41, 5.74) is 1.78. The summed E-state index contributed by atoms with van der Waals surface area (Å²) in [6.07, 6.45) is 2.40. The molecule has 0 aliphatic heterocycles. The van der Waals surface area contributed by atoms with Crippen molar-refractivity contribution >= 4 is 11.3 Å². The van der Waals surface area contributed by atoms with Crippen molar-refractivity contribution in [1.82, 2.24) is 0 Å². The van der Waals surface area contributed by atoms with E-state index in [1.165, 1.54) is 12.1 Å². The standard InChI is InChI=1S/C11H13NO3/c1-2-9(6-7-13)10-4-3-5-11(8-10)12(14)15/h3-6,8,13H,2,7H2,1H3/b9-6+. The van der Waals surface area contributed by atoms with Gasteiger partial charge in [0.15, 0.2) is 0 Å². The average Bonchev–Trinajstić information content (AvgIpc) is 2.26. The van der Waals surface area contributed by atoms with Gasteiger partial charge in [-0.25, -0.2) is 0 Å². The van der Waals surface area contributed by atoms with Crippen molar-refractivity contribution in [1.29, 1.82) is 0 Å². The fourth-order valence-corrected chi connectivity index (χ4v) is 1.40. The molecule has 1 aromatic carbocycles. The molecule has 0 bridgehead atoms. The lowest BCUT2D eigenvalue weighted by molar-refractivity contribution is -0.384. The van der Waals surface area contributed by atoms with Crippen molar-refractivity contribution in [2.45, 2.75) is 13.3 Å². The molecular weight excluding hydrogens is 194 g/mol. The van der Waals surface area contributed by atoms with E-state index in [9.17, 15) is 10.1 Å². The zero-order chi connectivity index (χ0) is 11.3. The Morgan fingerprint density at radius 1 is 1.60 bits per heavy atom. The molecule has 1 aromatic rings. The van der Waals surface area contributed by atoms with Gasteiger partial charge in [-0.3, -0.25) is 10.1 Å². The zero-order valence-electron chi connectivity index (χ0n) is 8.51. The van der Waals surface area contributed by atoms with Gasteiger partial charge in [-0.05, 0) is 17.6 Å². The fourth-order valence-electron chi connectivity index (χ4n) is 1.40. The van der Waals surface area contributed by atoms with Gasteiger partial charge in [0.1, 0.15) is 0 Å². The Morgan fingerprint density at radius 2 is 2.33 bits per heavy atom. The van der Waals surface area contributed by atoms with Crippen LogP contribution in [0, 0.1) is 10.1 Å². The first-order valence-corrected chi connectivity index (χ1v) is 4.73. The van der Waals surface area contributed by atoms with Gasteiger partial charge < -0.3 is 5.11 Å². The van der Waals surface area contributed by atoms with Gasteiger partial charge in [0, 0.05) is 12.1 Å². The largest absolute Gasteiger partial charge is 0.392 e. The van der Waals surface area contributed by atoms with Gasteiger partial charge in [-0.2, -0.15) is 0 Å². The first-order chi connectivity index (χ1) is 7.19. The molecule has 1 N–H and O–H groups in total. The average molecular weight is 207 g/mol. The second kappa shape index (κ2) is 5.26. The summed E-state index contributed by atoms with van der Waals surface area (Å²) in [5, 5.41) is 19.4. The van der Waals surface area contributed by atoms with Crippen LogP contribution in [-0.4, -0.2) is 16.6 Å². The second-order valence-corrected chi connectivity index (χ2v) is 3.07. The Bertz CT molecular complexity index is 385. The van der Waals surface area contributed by atoms with Crippen molar-refractivity contribution in [2.75, 3.05) is 6.61 Å². The van der Waals surface area contributed by atoms with E-state index in [4.69, 9.17) is 5.11 Å². The van der Waals surface area contributed by atoms with Crippen molar-refractivity contribution in [3.63, 3.8) is 0 Å². The number of nitro benzene ring substituents is 1.